The van der Waals surface area contributed by atoms with Crippen LogP contribution in [0.15, 0.2) is 53.3 Å². The number of amides is 1. The first-order valence-corrected chi connectivity index (χ1v) is 8.26. The van der Waals surface area contributed by atoms with Crippen LogP contribution in [0.5, 0.6) is 0 Å². The lowest BCUT2D eigenvalue weighted by atomic mass is 9.78. The summed E-state index contributed by atoms with van der Waals surface area (Å²) in [5.74, 6) is 0.0310. The maximum absolute atomic E-state index is 13.1. The van der Waals surface area contributed by atoms with Gasteiger partial charge in [-0.1, -0.05) is 43.2 Å². The summed E-state index contributed by atoms with van der Waals surface area (Å²) in [5, 5.41) is 3.05. The number of anilines is 1. The summed E-state index contributed by atoms with van der Waals surface area (Å²) in [5.41, 5.74) is 2.50. The van der Waals surface area contributed by atoms with E-state index in [0.717, 1.165) is 36.8 Å². The molecule has 2 aromatic carbocycles. The highest BCUT2D eigenvalue weighted by molar-refractivity contribution is 6.00. The second-order valence-electron chi connectivity index (χ2n) is 6.45. The molecule has 3 aromatic rings. The summed E-state index contributed by atoms with van der Waals surface area (Å²) in [4.78, 5) is 29.9. The molecule has 4 rings (SSSR count). The van der Waals surface area contributed by atoms with Gasteiger partial charge in [0.1, 0.15) is 0 Å². The summed E-state index contributed by atoms with van der Waals surface area (Å²) >= 11 is 0. The maximum atomic E-state index is 13.1. The molecule has 0 radical (unpaired) electrons. The van der Waals surface area contributed by atoms with Crippen molar-refractivity contribution in [2.24, 2.45) is 0 Å². The molecule has 0 atom stereocenters. The van der Waals surface area contributed by atoms with Gasteiger partial charge in [-0.2, -0.15) is 0 Å². The van der Waals surface area contributed by atoms with E-state index in [-0.39, 0.29) is 11.6 Å². The van der Waals surface area contributed by atoms with Gasteiger partial charge in [0.05, 0.1) is 16.4 Å². The molecule has 1 aliphatic rings. The molecule has 1 amide bonds. The third kappa shape index (κ3) is 2.42. The number of carbonyl (C=O) groups excluding carboxylic acids is 1. The van der Waals surface area contributed by atoms with Crippen molar-refractivity contribution in [2.75, 3.05) is 5.32 Å². The number of hydrogen-bond acceptors (Lipinski definition) is 2. The Bertz CT molecular complexity index is 934. The van der Waals surface area contributed by atoms with Crippen LogP contribution in [0.1, 0.15) is 31.2 Å². The van der Waals surface area contributed by atoms with Crippen molar-refractivity contribution in [1.82, 2.24) is 9.97 Å². The van der Waals surface area contributed by atoms with E-state index < -0.39 is 5.41 Å². The Balaban J connectivity index is 1.66. The number of rotatable bonds is 3. The van der Waals surface area contributed by atoms with Gasteiger partial charge in [-0.15, -0.1) is 0 Å². The van der Waals surface area contributed by atoms with Gasteiger partial charge in [-0.3, -0.25) is 4.79 Å². The predicted octanol–water partition coefficient (Wildman–Crippen LogP) is 3.31. The van der Waals surface area contributed by atoms with Crippen molar-refractivity contribution in [1.29, 1.82) is 0 Å². The van der Waals surface area contributed by atoms with Crippen LogP contribution in [-0.4, -0.2) is 15.9 Å². The minimum absolute atomic E-state index is 0.0310. The van der Waals surface area contributed by atoms with Gasteiger partial charge in [0.25, 0.3) is 0 Å². The molecule has 1 aromatic heterocycles. The van der Waals surface area contributed by atoms with Crippen LogP contribution in [0, 0.1) is 0 Å². The average molecular weight is 321 g/mol. The summed E-state index contributed by atoms with van der Waals surface area (Å²) in [7, 11) is 0. The van der Waals surface area contributed by atoms with Crippen molar-refractivity contribution in [2.45, 2.75) is 31.1 Å². The van der Waals surface area contributed by atoms with Crippen molar-refractivity contribution >= 4 is 22.6 Å². The topological polar surface area (TPSA) is 77.8 Å². The van der Waals surface area contributed by atoms with Gasteiger partial charge in [-0.05, 0) is 36.6 Å². The van der Waals surface area contributed by atoms with Crippen LogP contribution in [0.3, 0.4) is 0 Å². The zero-order chi connectivity index (χ0) is 16.6. The number of aromatic nitrogens is 2. The van der Waals surface area contributed by atoms with E-state index in [4.69, 9.17) is 0 Å². The van der Waals surface area contributed by atoms with Crippen LogP contribution in [0.2, 0.25) is 0 Å². The fourth-order valence-electron chi connectivity index (χ4n) is 3.74. The summed E-state index contributed by atoms with van der Waals surface area (Å²) in [6.07, 6.45) is 3.86. The monoisotopic (exact) mass is 321 g/mol. The minimum Gasteiger partial charge on any atom is -0.325 e. The number of aromatic amines is 2. The Hall–Kier alpha value is -2.82. The second kappa shape index (κ2) is 5.67. The smallest absolute Gasteiger partial charge is 0.323 e. The molecular formula is C19H19N3O2. The van der Waals surface area contributed by atoms with Crippen molar-refractivity contribution in [3.05, 3.63) is 64.6 Å². The van der Waals surface area contributed by atoms with Crippen LogP contribution in [-0.2, 0) is 10.2 Å². The molecular weight excluding hydrogens is 302 g/mol. The maximum Gasteiger partial charge on any atom is 0.323 e. The van der Waals surface area contributed by atoms with E-state index in [1.54, 1.807) is 12.1 Å². The highest BCUT2D eigenvalue weighted by atomic mass is 16.2. The number of H-pyrrole nitrogens is 2. The second-order valence-corrected chi connectivity index (χ2v) is 6.45. The first-order valence-electron chi connectivity index (χ1n) is 8.26. The van der Waals surface area contributed by atoms with Crippen molar-refractivity contribution in [3.63, 3.8) is 0 Å². The standard InChI is InChI=1S/C19H19N3O2/c23-17(19(10-4-5-11-19)13-6-2-1-3-7-13)20-14-8-9-15-16(12-14)22-18(24)21-15/h1-3,6-9,12H,4-5,10-11H2,(H,20,23)(H2,21,22,24). The summed E-state index contributed by atoms with van der Waals surface area (Å²) in [6.45, 7) is 0. The molecule has 1 heterocycles. The Morgan fingerprint density at radius 2 is 1.67 bits per heavy atom. The molecule has 122 valence electrons. The zero-order valence-electron chi connectivity index (χ0n) is 13.3. The van der Waals surface area contributed by atoms with Gasteiger partial charge >= 0.3 is 5.69 Å². The van der Waals surface area contributed by atoms with Gasteiger partial charge in [-0.25, -0.2) is 4.79 Å². The van der Waals surface area contributed by atoms with Crippen LogP contribution in [0.25, 0.3) is 11.0 Å². The van der Waals surface area contributed by atoms with Crippen molar-refractivity contribution < 1.29 is 4.79 Å². The highest BCUT2D eigenvalue weighted by Gasteiger charge is 2.42. The number of carbonyl (C=O) groups is 1. The Kier molecular flexibility index (Phi) is 3.49. The normalized spacial score (nSPS) is 16.3. The Morgan fingerprint density at radius 3 is 2.42 bits per heavy atom. The van der Waals surface area contributed by atoms with E-state index in [0.29, 0.717) is 11.2 Å². The van der Waals surface area contributed by atoms with E-state index in [1.165, 1.54) is 0 Å². The minimum atomic E-state index is -0.457. The summed E-state index contributed by atoms with van der Waals surface area (Å²) < 4.78 is 0. The SMILES string of the molecule is O=C(Nc1ccc2[nH]c(=O)[nH]c2c1)C1(c2ccccc2)CCCC1. The molecule has 0 bridgehead atoms. The molecule has 24 heavy (non-hydrogen) atoms. The van der Waals surface area contributed by atoms with Crippen LogP contribution in [0.4, 0.5) is 5.69 Å². The van der Waals surface area contributed by atoms with Gasteiger partial charge in [0.2, 0.25) is 5.91 Å². The largest absolute Gasteiger partial charge is 0.325 e. The van der Waals surface area contributed by atoms with E-state index in [1.807, 2.05) is 36.4 Å². The molecule has 3 N–H and O–H groups in total. The van der Waals surface area contributed by atoms with E-state index >= 15 is 0 Å². The summed E-state index contributed by atoms with van der Waals surface area (Å²) in [6, 6.07) is 15.4. The molecule has 0 unspecified atom stereocenters. The first-order chi connectivity index (χ1) is 11.7. The first kappa shape index (κ1) is 14.8. The third-order valence-corrected chi connectivity index (χ3v) is 4.99. The fourth-order valence-corrected chi connectivity index (χ4v) is 3.74. The Morgan fingerprint density at radius 1 is 0.958 bits per heavy atom. The quantitative estimate of drug-likeness (QED) is 0.692. The van der Waals surface area contributed by atoms with Crippen molar-refractivity contribution in [3.8, 4) is 0 Å². The highest BCUT2D eigenvalue weighted by Crippen LogP contribution is 2.42. The lowest BCUT2D eigenvalue weighted by Crippen LogP contribution is -2.37. The van der Waals surface area contributed by atoms with E-state index in [2.05, 4.69) is 15.3 Å². The molecule has 1 aliphatic carbocycles. The molecule has 0 aliphatic heterocycles. The van der Waals surface area contributed by atoms with Gasteiger partial charge in [0.15, 0.2) is 0 Å². The number of hydrogen-bond donors (Lipinski definition) is 3. The number of imidazole rings is 1. The Labute approximate surface area is 139 Å². The third-order valence-electron chi connectivity index (χ3n) is 4.99. The van der Waals surface area contributed by atoms with E-state index in [9.17, 15) is 9.59 Å². The van der Waals surface area contributed by atoms with Crippen LogP contribution >= 0.6 is 0 Å². The molecule has 0 saturated heterocycles. The average Bonchev–Trinajstić information content (AvgIpc) is 3.22. The zero-order valence-corrected chi connectivity index (χ0v) is 13.3. The molecule has 0 spiro atoms. The molecule has 5 nitrogen and oxygen atoms in total. The molecule has 5 heteroatoms. The lowest BCUT2D eigenvalue weighted by Gasteiger charge is -2.28. The van der Waals surface area contributed by atoms with Gasteiger partial charge < -0.3 is 15.3 Å². The van der Waals surface area contributed by atoms with Crippen LogP contribution < -0.4 is 11.0 Å². The predicted molar refractivity (Wildman–Crippen MR) is 94.1 cm³/mol. The number of benzene rings is 2. The van der Waals surface area contributed by atoms with Gasteiger partial charge in [0, 0.05) is 5.69 Å². The fraction of sp³-hybridized carbons (Fsp3) is 0.263. The molecule has 1 fully saturated rings. The lowest BCUT2D eigenvalue weighted by molar-refractivity contribution is -0.121. The number of nitrogens with one attached hydrogen (secondary N) is 3. The molecule has 1 saturated carbocycles. The number of fused-ring (bicyclic) bond motifs is 1.